The fourth-order valence-corrected chi connectivity index (χ4v) is 4.09. The molecule has 14 heteroatoms. The van der Waals surface area contributed by atoms with E-state index in [1.165, 1.54) is 0 Å². The molecule has 12 nitrogen and oxygen atoms in total. The van der Waals surface area contributed by atoms with E-state index in [0.29, 0.717) is 34.5 Å². The van der Waals surface area contributed by atoms with Crippen molar-refractivity contribution in [1.29, 1.82) is 21.6 Å². The molecule has 0 bridgehead atoms. The minimum Gasteiger partial charge on any atom is -0.493 e. The molecule has 0 atom stereocenters. The van der Waals surface area contributed by atoms with Crippen LogP contribution in [0.3, 0.4) is 0 Å². The van der Waals surface area contributed by atoms with Crippen LogP contribution in [-0.4, -0.2) is 47.0 Å². The Hall–Kier alpha value is -5.07. The van der Waals surface area contributed by atoms with Crippen molar-refractivity contribution in [2.45, 2.75) is 25.7 Å². The van der Waals surface area contributed by atoms with Gasteiger partial charge in [-0.2, -0.15) is 0 Å². The van der Waals surface area contributed by atoms with Gasteiger partial charge in [0.15, 0.2) is 23.8 Å². The quantitative estimate of drug-likeness (QED) is 0.0578. The topological polar surface area (TPSA) is 201 Å². The normalized spacial score (nSPS) is 10.1. The van der Waals surface area contributed by atoms with Crippen LogP contribution in [0, 0.1) is 21.6 Å². The fraction of sp³-hybridized carbons (Fsp3) is 0.194. The third kappa shape index (κ3) is 13.8. The molecule has 0 radical (unpaired) electrons. The van der Waals surface area contributed by atoms with Crippen molar-refractivity contribution in [3.63, 3.8) is 0 Å². The van der Waals surface area contributed by atoms with Crippen LogP contribution in [0.25, 0.3) is 10.9 Å². The fourth-order valence-electron chi connectivity index (χ4n) is 3.84. The lowest BCUT2D eigenvalue weighted by molar-refractivity contribution is 0.456. The maximum absolute atomic E-state index is 9.02. The Morgan fingerprint density at radius 1 is 0.578 bits per heavy atom. The maximum atomic E-state index is 9.02. The summed E-state index contributed by atoms with van der Waals surface area (Å²) in [4.78, 5) is 3.93. The van der Waals surface area contributed by atoms with Crippen molar-refractivity contribution < 1.29 is 5.11 Å². The number of nitrogens with zero attached hydrogens (tertiary/aromatic N) is 1. The minimum absolute atomic E-state index is 0.00148. The highest BCUT2D eigenvalue weighted by atomic mass is 35.5. The minimum atomic E-state index is -0.00148. The van der Waals surface area contributed by atoms with Crippen LogP contribution in [0.15, 0.2) is 84.9 Å². The Balaban J connectivity index is 0.000000415. The Morgan fingerprint density at radius 2 is 1.04 bits per heavy atom. The van der Waals surface area contributed by atoms with Gasteiger partial charge in [-0.1, -0.05) is 54.2 Å². The number of aromatic hydroxyl groups is 1. The third-order valence-electron chi connectivity index (χ3n) is 6.02. The first kappa shape index (κ1) is 34.4. The predicted octanol–water partition coefficient (Wildman–Crippen LogP) is 6.12. The van der Waals surface area contributed by atoms with E-state index in [0.717, 1.165) is 36.6 Å². The highest BCUT2D eigenvalue weighted by molar-refractivity contribution is 6.31. The van der Waals surface area contributed by atoms with Gasteiger partial charge in [0.25, 0.3) is 0 Å². The van der Waals surface area contributed by atoms with Crippen molar-refractivity contribution in [2.24, 2.45) is 0 Å². The molecule has 0 spiro atoms. The summed E-state index contributed by atoms with van der Waals surface area (Å²) in [5.74, 6) is 0.185. The SMILES string of the molecule is N=C(NCCCCCCNC(=N)NC(=N)Nc1ccc(Cl)cc1)NC(=N)Nc1ccc(Cl)cc1.Oc1ccc2ccccc2n1. The van der Waals surface area contributed by atoms with Crippen molar-refractivity contribution in [3.8, 4) is 5.88 Å². The monoisotopic (exact) mass is 649 g/mol. The number of aromatic nitrogens is 1. The molecule has 45 heavy (non-hydrogen) atoms. The maximum Gasteiger partial charge on any atom is 0.211 e. The number of fused-ring (bicyclic) bond motifs is 1. The Bertz CT molecular complexity index is 1480. The molecular weight excluding hydrogens is 613 g/mol. The molecule has 0 fully saturated rings. The van der Waals surface area contributed by atoms with Gasteiger partial charge in [0, 0.05) is 46.0 Å². The predicted molar refractivity (Wildman–Crippen MR) is 185 cm³/mol. The van der Waals surface area contributed by atoms with Gasteiger partial charge in [0.1, 0.15) is 0 Å². The average molecular weight is 651 g/mol. The molecule has 0 aliphatic rings. The second-order valence-electron chi connectivity index (χ2n) is 9.64. The summed E-state index contributed by atoms with van der Waals surface area (Å²) in [7, 11) is 0. The van der Waals surface area contributed by atoms with E-state index in [4.69, 9.17) is 49.9 Å². The highest BCUT2D eigenvalue weighted by Gasteiger charge is 2.03. The lowest BCUT2D eigenvalue weighted by atomic mass is 10.2. The number of benzene rings is 3. The van der Waals surface area contributed by atoms with Gasteiger partial charge in [-0.05, 0) is 73.5 Å². The van der Waals surface area contributed by atoms with Gasteiger partial charge < -0.3 is 26.4 Å². The van der Waals surface area contributed by atoms with Gasteiger partial charge in [-0.15, -0.1) is 0 Å². The number of para-hydroxylation sites is 1. The number of halogens is 2. The van der Waals surface area contributed by atoms with Crippen LogP contribution < -0.4 is 31.9 Å². The van der Waals surface area contributed by atoms with E-state index in [2.05, 4.69) is 36.9 Å². The van der Waals surface area contributed by atoms with E-state index < -0.39 is 0 Å². The van der Waals surface area contributed by atoms with Crippen molar-refractivity contribution >= 4 is 69.3 Å². The van der Waals surface area contributed by atoms with Gasteiger partial charge in [-0.3, -0.25) is 32.3 Å². The van der Waals surface area contributed by atoms with Crippen LogP contribution in [-0.2, 0) is 0 Å². The van der Waals surface area contributed by atoms with Crippen LogP contribution in [0.2, 0.25) is 10.0 Å². The highest BCUT2D eigenvalue weighted by Crippen LogP contribution is 2.15. The number of hydrogen-bond donors (Lipinski definition) is 11. The molecule has 0 aliphatic heterocycles. The van der Waals surface area contributed by atoms with E-state index in [-0.39, 0.29) is 29.7 Å². The van der Waals surface area contributed by atoms with Crippen LogP contribution in [0.4, 0.5) is 11.4 Å². The number of unbranched alkanes of at least 4 members (excludes halogenated alkanes) is 3. The molecule has 11 N–H and O–H groups in total. The standard InChI is InChI=1S/C22H30Cl2N10.C9H7NO/c23-15-5-9-17(10-6-15)31-21(27)33-19(25)29-13-3-1-2-4-14-30-20(26)34-22(28)32-18-11-7-16(24)8-12-18;11-9-6-5-7-3-1-2-4-8(7)10-9/h5-12H,1-4,13-14H2,(H5,25,27,29,31,33)(H5,26,28,30,32,34);1-6H,(H,10,11). The second kappa shape index (κ2) is 18.6. The molecule has 236 valence electrons. The Labute approximate surface area is 272 Å². The summed E-state index contributed by atoms with van der Waals surface area (Å²) >= 11 is 11.7. The first-order valence-corrected chi connectivity index (χ1v) is 14.9. The zero-order valence-corrected chi connectivity index (χ0v) is 26.0. The molecule has 3 aromatic carbocycles. The largest absolute Gasteiger partial charge is 0.493 e. The number of nitrogens with one attached hydrogen (secondary N) is 10. The molecule has 0 amide bonds. The molecule has 1 heterocycles. The van der Waals surface area contributed by atoms with Gasteiger partial charge in [0.2, 0.25) is 5.88 Å². The second-order valence-corrected chi connectivity index (χ2v) is 10.5. The van der Waals surface area contributed by atoms with Gasteiger partial charge in [-0.25, -0.2) is 4.98 Å². The van der Waals surface area contributed by atoms with Crippen molar-refractivity contribution in [3.05, 3.63) is 95.0 Å². The summed E-state index contributed by atoms with van der Waals surface area (Å²) in [5, 5.41) is 59.6. The van der Waals surface area contributed by atoms with E-state index in [1.807, 2.05) is 30.3 Å². The van der Waals surface area contributed by atoms with Crippen LogP contribution in [0.1, 0.15) is 25.7 Å². The molecular formula is C31H37Cl2N11O. The summed E-state index contributed by atoms with van der Waals surface area (Å²) < 4.78 is 0. The molecule has 1 aromatic heterocycles. The number of rotatable bonds is 9. The van der Waals surface area contributed by atoms with Gasteiger partial charge in [0.05, 0.1) is 5.52 Å². The first-order valence-electron chi connectivity index (χ1n) is 14.1. The van der Waals surface area contributed by atoms with E-state index in [9.17, 15) is 0 Å². The number of anilines is 2. The Morgan fingerprint density at radius 3 is 1.53 bits per heavy atom. The Kier molecular flexibility index (Phi) is 14.2. The number of pyridine rings is 1. The summed E-state index contributed by atoms with van der Waals surface area (Å²) in [6, 6.07) is 25.0. The first-order chi connectivity index (χ1) is 21.7. The zero-order chi connectivity index (χ0) is 32.4. The molecule has 0 unspecified atom stereocenters. The van der Waals surface area contributed by atoms with Crippen molar-refractivity contribution in [2.75, 3.05) is 23.7 Å². The average Bonchev–Trinajstić information content (AvgIpc) is 3.01. The van der Waals surface area contributed by atoms with Crippen LogP contribution in [0.5, 0.6) is 5.88 Å². The lowest BCUT2D eigenvalue weighted by Gasteiger charge is -2.13. The molecule has 0 saturated carbocycles. The van der Waals surface area contributed by atoms with E-state index >= 15 is 0 Å². The lowest BCUT2D eigenvalue weighted by Crippen LogP contribution is -2.43. The van der Waals surface area contributed by atoms with Gasteiger partial charge >= 0.3 is 0 Å². The molecule has 0 saturated heterocycles. The summed E-state index contributed by atoms with van der Waals surface area (Å²) in [6.07, 6.45) is 3.70. The molecule has 4 aromatic rings. The smallest absolute Gasteiger partial charge is 0.211 e. The van der Waals surface area contributed by atoms with Crippen molar-refractivity contribution in [1.82, 2.24) is 26.3 Å². The number of guanidine groups is 4. The zero-order valence-electron chi connectivity index (χ0n) is 24.5. The third-order valence-corrected chi connectivity index (χ3v) is 6.52. The summed E-state index contributed by atoms with van der Waals surface area (Å²) in [5.41, 5.74) is 2.25. The number of hydrogen-bond acceptors (Lipinski definition) is 6. The molecule has 4 rings (SSSR count). The van der Waals surface area contributed by atoms with E-state index in [1.54, 1.807) is 54.6 Å². The molecule has 0 aliphatic carbocycles. The summed E-state index contributed by atoms with van der Waals surface area (Å²) in [6.45, 7) is 1.25. The van der Waals surface area contributed by atoms with Crippen LogP contribution >= 0.6 is 23.2 Å².